The van der Waals surface area contributed by atoms with Gasteiger partial charge >= 0.3 is 5.97 Å². The molecule has 2 N–H and O–H groups in total. The Labute approximate surface area is 190 Å². The average molecular weight is 453 g/mol. The standard InChI is InChI=1S/C13H19ClN4O2.C8H9F.C2H6/c1-9(15)12-13(17-10(2)14)18(8-16-12)6-4-5-7-20-11(3)19;1-2-7-4-3-5-8(9)6-7;1-2/h8H,1,4-7,15H2,2-3H3;3-6H,2H2,1H3;1-2H3/b17-10+;;. The van der Waals surface area contributed by atoms with Crippen molar-refractivity contribution < 1.29 is 13.9 Å². The van der Waals surface area contributed by atoms with E-state index < -0.39 is 0 Å². The van der Waals surface area contributed by atoms with E-state index in [1.807, 2.05) is 31.4 Å². The number of ether oxygens (including phenoxy) is 1. The van der Waals surface area contributed by atoms with Gasteiger partial charge in [0.2, 0.25) is 0 Å². The zero-order valence-corrected chi connectivity index (χ0v) is 19.9. The molecule has 0 saturated carbocycles. The molecule has 8 heteroatoms. The maximum Gasteiger partial charge on any atom is 0.302 e. The second-order valence-corrected chi connectivity index (χ2v) is 6.82. The highest BCUT2D eigenvalue weighted by Gasteiger charge is 2.11. The molecule has 0 saturated heterocycles. The Morgan fingerprint density at radius 1 is 1.32 bits per heavy atom. The molecule has 2 aromatic rings. The minimum Gasteiger partial charge on any atom is -0.466 e. The summed E-state index contributed by atoms with van der Waals surface area (Å²) in [7, 11) is 0. The lowest BCUT2D eigenvalue weighted by molar-refractivity contribution is -0.141. The summed E-state index contributed by atoms with van der Waals surface area (Å²) in [5.74, 6) is 0.184. The van der Waals surface area contributed by atoms with Crippen molar-refractivity contribution in [1.82, 2.24) is 9.55 Å². The van der Waals surface area contributed by atoms with E-state index in [1.165, 1.54) is 13.0 Å². The van der Waals surface area contributed by atoms with Crippen LogP contribution >= 0.6 is 11.6 Å². The molecular weight excluding hydrogens is 419 g/mol. The molecule has 0 aliphatic heterocycles. The Balaban J connectivity index is 0.000000679. The molecule has 0 aliphatic carbocycles. The molecule has 0 aliphatic rings. The van der Waals surface area contributed by atoms with E-state index in [9.17, 15) is 9.18 Å². The number of carbonyl (C=O) groups is 1. The molecule has 0 radical (unpaired) electrons. The first-order valence-electron chi connectivity index (χ1n) is 10.3. The van der Waals surface area contributed by atoms with Crippen molar-refractivity contribution in [1.29, 1.82) is 0 Å². The first-order valence-corrected chi connectivity index (χ1v) is 10.7. The first-order chi connectivity index (χ1) is 14.7. The van der Waals surface area contributed by atoms with Crippen molar-refractivity contribution in [2.75, 3.05) is 6.61 Å². The Hall–Kier alpha value is -2.67. The van der Waals surface area contributed by atoms with Gasteiger partial charge in [-0.15, -0.1) is 0 Å². The number of aromatic nitrogens is 2. The number of aryl methyl sites for hydroxylation is 2. The van der Waals surface area contributed by atoms with Gasteiger partial charge in [-0.25, -0.2) is 14.4 Å². The van der Waals surface area contributed by atoms with Gasteiger partial charge in [0.05, 0.1) is 18.6 Å². The fourth-order valence-corrected chi connectivity index (χ4v) is 2.47. The van der Waals surface area contributed by atoms with Crippen LogP contribution in [-0.2, 0) is 22.5 Å². The van der Waals surface area contributed by atoms with Gasteiger partial charge in [0, 0.05) is 13.5 Å². The van der Waals surface area contributed by atoms with Crippen LogP contribution in [-0.4, -0.2) is 27.3 Å². The van der Waals surface area contributed by atoms with Gasteiger partial charge < -0.3 is 15.0 Å². The summed E-state index contributed by atoms with van der Waals surface area (Å²) < 4.78 is 19.1. The third kappa shape index (κ3) is 11.9. The van der Waals surface area contributed by atoms with Crippen molar-refractivity contribution in [3.8, 4) is 0 Å². The van der Waals surface area contributed by atoms with Gasteiger partial charge in [0.1, 0.15) is 16.7 Å². The fourth-order valence-electron chi connectivity index (χ4n) is 2.39. The molecular formula is C23H34ClFN4O2. The number of nitrogens with zero attached hydrogens (tertiary/aromatic N) is 3. The summed E-state index contributed by atoms with van der Waals surface area (Å²) in [6, 6.07) is 6.66. The Morgan fingerprint density at radius 3 is 2.48 bits per heavy atom. The Morgan fingerprint density at radius 2 is 2.00 bits per heavy atom. The average Bonchev–Trinajstić information content (AvgIpc) is 3.11. The van der Waals surface area contributed by atoms with Crippen LogP contribution < -0.4 is 5.73 Å². The molecule has 0 atom stereocenters. The van der Waals surface area contributed by atoms with Gasteiger partial charge in [-0.2, -0.15) is 0 Å². The van der Waals surface area contributed by atoms with Crippen LogP contribution in [0.3, 0.4) is 0 Å². The SMILES string of the molecule is C=C(N)c1ncn(CCCCOC(C)=O)c1/N=C(\C)Cl.CC.CCc1cccc(F)c1. The number of nitrogens with two attached hydrogens (primary N) is 1. The van der Waals surface area contributed by atoms with Crippen molar-refractivity contribution >= 4 is 34.3 Å². The van der Waals surface area contributed by atoms with Crippen molar-refractivity contribution in [2.24, 2.45) is 10.7 Å². The molecule has 2 rings (SSSR count). The van der Waals surface area contributed by atoms with E-state index in [0.717, 1.165) is 24.8 Å². The number of unbranched alkanes of at least 4 members (excludes halogenated alkanes) is 1. The van der Waals surface area contributed by atoms with Gasteiger partial charge in [0.25, 0.3) is 0 Å². The largest absolute Gasteiger partial charge is 0.466 e. The maximum absolute atomic E-state index is 12.4. The maximum atomic E-state index is 12.4. The molecule has 172 valence electrons. The van der Waals surface area contributed by atoms with E-state index in [1.54, 1.807) is 25.4 Å². The highest BCUT2D eigenvalue weighted by atomic mass is 35.5. The van der Waals surface area contributed by atoms with Crippen LogP contribution in [0, 0.1) is 5.82 Å². The molecule has 0 unspecified atom stereocenters. The van der Waals surface area contributed by atoms with E-state index in [0.29, 0.717) is 35.5 Å². The third-order valence-corrected chi connectivity index (χ3v) is 3.85. The predicted molar refractivity (Wildman–Crippen MR) is 127 cm³/mol. The number of hydrogen-bond donors (Lipinski definition) is 1. The molecule has 1 heterocycles. The number of esters is 1. The van der Waals surface area contributed by atoms with Crippen molar-refractivity contribution in [2.45, 2.75) is 60.4 Å². The summed E-state index contributed by atoms with van der Waals surface area (Å²) in [5, 5.41) is 0.397. The lowest BCUT2D eigenvalue weighted by Gasteiger charge is -2.06. The summed E-state index contributed by atoms with van der Waals surface area (Å²) in [5.41, 5.74) is 7.60. The monoisotopic (exact) mass is 452 g/mol. The number of aliphatic imine (C=N–C) groups is 1. The molecule has 0 amide bonds. The second kappa shape index (κ2) is 16.1. The highest BCUT2D eigenvalue weighted by Crippen LogP contribution is 2.23. The van der Waals surface area contributed by atoms with Crippen molar-refractivity contribution in [3.63, 3.8) is 0 Å². The molecule has 0 spiro atoms. The number of carbonyl (C=O) groups excluding carboxylic acids is 1. The quantitative estimate of drug-likeness (QED) is 0.309. The molecule has 0 bridgehead atoms. The topological polar surface area (TPSA) is 82.5 Å². The van der Waals surface area contributed by atoms with E-state index in [-0.39, 0.29) is 11.8 Å². The number of halogens is 2. The number of imidazole rings is 1. The smallest absolute Gasteiger partial charge is 0.302 e. The van der Waals surface area contributed by atoms with Crippen LogP contribution in [0.2, 0.25) is 0 Å². The lowest BCUT2D eigenvalue weighted by atomic mass is 10.2. The van der Waals surface area contributed by atoms with E-state index >= 15 is 0 Å². The highest BCUT2D eigenvalue weighted by molar-refractivity contribution is 6.65. The summed E-state index contributed by atoms with van der Waals surface area (Å²) in [4.78, 5) is 19.0. The minimum absolute atomic E-state index is 0.144. The summed E-state index contributed by atoms with van der Waals surface area (Å²) in [6.45, 7) is 13.8. The zero-order chi connectivity index (χ0) is 23.8. The summed E-state index contributed by atoms with van der Waals surface area (Å²) >= 11 is 5.82. The summed E-state index contributed by atoms with van der Waals surface area (Å²) in [6.07, 6.45) is 4.14. The Kier molecular flexibility index (Phi) is 14.7. The molecule has 6 nitrogen and oxygen atoms in total. The second-order valence-electron chi connectivity index (χ2n) is 6.27. The van der Waals surface area contributed by atoms with E-state index in [2.05, 4.69) is 16.6 Å². The van der Waals surface area contributed by atoms with Crippen LogP contribution in [0.1, 0.15) is 58.7 Å². The van der Waals surface area contributed by atoms with Crippen LogP contribution in [0.25, 0.3) is 5.70 Å². The lowest BCUT2D eigenvalue weighted by Crippen LogP contribution is -2.03. The van der Waals surface area contributed by atoms with Gasteiger partial charge in [-0.1, -0.05) is 51.1 Å². The van der Waals surface area contributed by atoms with Crippen LogP contribution in [0.4, 0.5) is 10.2 Å². The molecule has 1 aromatic carbocycles. The predicted octanol–water partition coefficient (Wildman–Crippen LogP) is 5.86. The molecule has 31 heavy (non-hydrogen) atoms. The number of hydrogen-bond acceptors (Lipinski definition) is 5. The number of rotatable bonds is 8. The molecule has 1 aromatic heterocycles. The van der Waals surface area contributed by atoms with E-state index in [4.69, 9.17) is 22.1 Å². The first kappa shape index (κ1) is 28.3. The Bertz CT molecular complexity index is 846. The molecule has 0 fully saturated rings. The zero-order valence-electron chi connectivity index (χ0n) is 19.1. The van der Waals surface area contributed by atoms with Gasteiger partial charge in [0.15, 0.2) is 5.82 Å². The van der Waals surface area contributed by atoms with Crippen LogP contribution in [0.15, 0.2) is 42.2 Å². The van der Waals surface area contributed by atoms with Gasteiger partial charge in [-0.3, -0.25) is 4.79 Å². The number of benzene rings is 1. The minimum atomic E-state index is -0.266. The third-order valence-electron chi connectivity index (χ3n) is 3.77. The van der Waals surface area contributed by atoms with Gasteiger partial charge in [-0.05, 0) is 43.9 Å². The van der Waals surface area contributed by atoms with Crippen LogP contribution in [0.5, 0.6) is 0 Å². The van der Waals surface area contributed by atoms with Crippen molar-refractivity contribution in [3.05, 3.63) is 54.2 Å². The fraction of sp³-hybridized carbons (Fsp3) is 0.435. The normalized spacial score (nSPS) is 10.4.